The Bertz CT molecular complexity index is 891. The van der Waals surface area contributed by atoms with Crippen molar-refractivity contribution in [3.05, 3.63) is 69.8 Å². The van der Waals surface area contributed by atoms with Crippen molar-refractivity contribution in [2.45, 2.75) is 31.9 Å². The summed E-state index contributed by atoms with van der Waals surface area (Å²) in [5.41, 5.74) is -0.883. The molecule has 1 aliphatic heterocycles. The van der Waals surface area contributed by atoms with E-state index < -0.39 is 28.6 Å². The molecule has 7 nitrogen and oxygen atoms in total. The third-order valence-corrected chi connectivity index (χ3v) is 4.51. The van der Waals surface area contributed by atoms with Crippen LogP contribution >= 0.6 is 0 Å². The van der Waals surface area contributed by atoms with Gasteiger partial charge in [0.1, 0.15) is 0 Å². The fourth-order valence-corrected chi connectivity index (χ4v) is 3.24. The Balaban J connectivity index is 1.94. The minimum atomic E-state index is -1.94. The van der Waals surface area contributed by atoms with Gasteiger partial charge in [-0.05, 0) is 32.0 Å². The number of anilines is 1. The molecule has 0 radical (unpaired) electrons. The number of rotatable bonds is 5. The van der Waals surface area contributed by atoms with Crippen molar-refractivity contribution < 1.29 is 19.6 Å². The van der Waals surface area contributed by atoms with Crippen molar-refractivity contribution in [2.24, 2.45) is 0 Å². The smallest absolute Gasteiger partial charge is 0.269 e. The molecule has 0 spiro atoms. The van der Waals surface area contributed by atoms with Gasteiger partial charge in [-0.3, -0.25) is 19.7 Å². The van der Waals surface area contributed by atoms with Crippen LogP contribution in [0.5, 0.6) is 0 Å². The maximum Gasteiger partial charge on any atom is 0.269 e. The molecular weight excluding hydrogens is 336 g/mol. The molecular formula is C19H18N2O5. The van der Waals surface area contributed by atoms with E-state index in [1.165, 1.54) is 29.2 Å². The highest BCUT2D eigenvalue weighted by Gasteiger charge is 2.51. The monoisotopic (exact) mass is 354 g/mol. The van der Waals surface area contributed by atoms with Crippen LogP contribution in [-0.2, 0) is 10.4 Å². The molecule has 0 aromatic heterocycles. The number of fused-ring (bicyclic) bond motifs is 1. The minimum absolute atomic E-state index is 0.131. The van der Waals surface area contributed by atoms with Gasteiger partial charge >= 0.3 is 0 Å². The highest BCUT2D eigenvalue weighted by Crippen LogP contribution is 2.43. The van der Waals surface area contributed by atoms with Gasteiger partial charge in [-0.15, -0.1) is 0 Å². The predicted octanol–water partition coefficient (Wildman–Crippen LogP) is 2.81. The van der Waals surface area contributed by atoms with Crippen molar-refractivity contribution in [1.82, 2.24) is 0 Å². The molecule has 1 heterocycles. The van der Waals surface area contributed by atoms with Crippen LogP contribution < -0.4 is 4.90 Å². The molecule has 0 saturated heterocycles. The molecule has 1 aliphatic rings. The average molecular weight is 354 g/mol. The van der Waals surface area contributed by atoms with Crippen LogP contribution in [0.25, 0.3) is 0 Å². The number of amides is 1. The van der Waals surface area contributed by atoms with E-state index in [2.05, 4.69) is 0 Å². The number of benzene rings is 2. The number of non-ortho nitro benzene ring substituents is 1. The Hall–Kier alpha value is -3.06. The molecule has 0 aliphatic carbocycles. The summed E-state index contributed by atoms with van der Waals surface area (Å²) < 4.78 is 0. The Morgan fingerprint density at radius 3 is 2.38 bits per heavy atom. The minimum Gasteiger partial charge on any atom is -0.375 e. The SMILES string of the molecule is CC(C)N1C(=O)C(O)(CC(=O)c2ccc([N+](=O)[O-])cc2)c2ccccc21. The van der Waals surface area contributed by atoms with Crippen LogP contribution in [-0.4, -0.2) is 27.8 Å². The molecule has 1 amide bonds. The number of carbonyl (C=O) groups excluding carboxylic acids is 2. The molecule has 0 bridgehead atoms. The van der Waals surface area contributed by atoms with Crippen LogP contribution in [0.4, 0.5) is 11.4 Å². The van der Waals surface area contributed by atoms with E-state index in [0.717, 1.165) is 0 Å². The van der Waals surface area contributed by atoms with E-state index in [0.29, 0.717) is 11.3 Å². The number of nitrogens with zero attached hydrogens (tertiary/aromatic N) is 2. The number of nitro groups is 1. The topological polar surface area (TPSA) is 101 Å². The van der Waals surface area contributed by atoms with E-state index in [1.54, 1.807) is 24.3 Å². The lowest BCUT2D eigenvalue weighted by Crippen LogP contribution is -2.44. The Morgan fingerprint density at radius 2 is 1.81 bits per heavy atom. The zero-order chi connectivity index (χ0) is 19.1. The summed E-state index contributed by atoms with van der Waals surface area (Å²) in [6.45, 7) is 3.66. The fourth-order valence-electron chi connectivity index (χ4n) is 3.24. The first-order valence-electron chi connectivity index (χ1n) is 8.19. The molecule has 1 N–H and O–H groups in total. The third-order valence-electron chi connectivity index (χ3n) is 4.51. The molecule has 134 valence electrons. The van der Waals surface area contributed by atoms with Gasteiger partial charge in [-0.2, -0.15) is 0 Å². The van der Waals surface area contributed by atoms with Gasteiger partial charge < -0.3 is 10.0 Å². The molecule has 26 heavy (non-hydrogen) atoms. The van der Waals surface area contributed by atoms with Gasteiger partial charge in [0.25, 0.3) is 11.6 Å². The summed E-state index contributed by atoms with van der Waals surface area (Å²) in [5, 5.41) is 21.8. The number of carbonyl (C=O) groups is 2. The Kier molecular flexibility index (Phi) is 4.33. The molecule has 7 heteroatoms. The molecule has 2 aromatic rings. The summed E-state index contributed by atoms with van der Waals surface area (Å²) in [6.07, 6.45) is -0.427. The lowest BCUT2D eigenvalue weighted by molar-refractivity contribution is -0.384. The summed E-state index contributed by atoms with van der Waals surface area (Å²) in [6, 6.07) is 11.8. The summed E-state index contributed by atoms with van der Waals surface area (Å²) in [7, 11) is 0. The molecule has 0 saturated carbocycles. The zero-order valence-corrected chi connectivity index (χ0v) is 14.4. The number of nitro benzene ring substituents is 1. The van der Waals surface area contributed by atoms with Crippen LogP contribution in [0.15, 0.2) is 48.5 Å². The maximum atomic E-state index is 12.9. The fraction of sp³-hybridized carbons (Fsp3) is 0.263. The molecule has 3 rings (SSSR count). The van der Waals surface area contributed by atoms with E-state index in [-0.39, 0.29) is 17.3 Å². The number of hydrogen-bond acceptors (Lipinski definition) is 5. The van der Waals surface area contributed by atoms with Gasteiger partial charge in [0, 0.05) is 29.3 Å². The highest BCUT2D eigenvalue weighted by molar-refractivity contribution is 6.11. The highest BCUT2D eigenvalue weighted by atomic mass is 16.6. The average Bonchev–Trinajstić information content (AvgIpc) is 2.83. The largest absolute Gasteiger partial charge is 0.375 e. The van der Waals surface area contributed by atoms with E-state index in [9.17, 15) is 24.8 Å². The lowest BCUT2D eigenvalue weighted by atomic mass is 9.88. The second kappa shape index (κ2) is 6.34. The first-order valence-corrected chi connectivity index (χ1v) is 8.19. The van der Waals surface area contributed by atoms with Gasteiger partial charge in [0.2, 0.25) is 0 Å². The van der Waals surface area contributed by atoms with Crippen molar-refractivity contribution in [3.8, 4) is 0 Å². The van der Waals surface area contributed by atoms with Crippen LogP contribution in [0.3, 0.4) is 0 Å². The van der Waals surface area contributed by atoms with Gasteiger partial charge in [-0.25, -0.2) is 0 Å². The van der Waals surface area contributed by atoms with Crippen LogP contribution in [0.2, 0.25) is 0 Å². The third kappa shape index (κ3) is 2.76. The first-order chi connectivity index (χ1) is 12.3. The Labute approximate surface area is 150 Å². The second-order valence-corrected chi connectivity index (χ2v) is 6.55. The number of para-hydroxylation sites is 1. The lowest BCUT2D eigenvalue weighted by Gasteiger charge is -2.25. The summed E-state index contributed by atoms with van der Waals surface area (Å²) >= 11 is 0. The van der Waals surface area contributed by atoms with Crippen molar-refractivity contribution >= 4 is 23.1 Å². The number of Topliss-reactive ketones (excluding diaryl/α,β-unsaturated/α-hetero) is 1. The normalized spacial score (nSPS) is 18.9. The number of hydrogen-bond donors (Lipinski definition) is 1. The zero-order valence-electron chi connectivity index (χ0n) is 14.4. The van der Waals surface area contributed by atoms with Gasteiger partial charge in [0.15, 0.2) is 11.4 Å². The van der Waals surface area contributed by atoms with E-state index >= 15 is 0 Å². The van der Waals surface area contributed by atoms with Gasteiger partial charge in [-0.1, -0.05) is 18.2 Å². The molecule has 1 atom stereocenters. The summed E-state index contributed by atoms with van der Waals surface area (Å²) in [4.78, 5) is 37.1. The van der Waals surface area contributed by atoms with Crippen molar-refractivity contribution in [3.63, 3.8) is 0 Å². The predicted molar refractivity (Wildman–Crippen MR) is 95.0 cm³/mol. The maximum absolute atomic E-state index is 12.9. The Morgan fingerprint density at radius 1 is 1.19 bits per heavy atom. The van der Waals surface area contributed by atoms with Gasteiger partial charge in [0.05, 0.1) is 17.0 Å². The van der Waals surface area contributed by atoms with Crippen molar-refractivity contribution in [1.29, 1.82) is 0 Å². The molecule has 0 fully saturated rings. The first kappa shape index (κ1) is 17.8. The van der Waals surface area contributed by atoms with Crippen LogP contribution in [0.1, 0.15) is 36.2 Å². The van der Waals surface area contributed by atoms with Crippen molar-refractivity contribution in [2.75, 3.05) is 4.90 Å². The van der Waals surface area contributed by atoms with E-state index in [4.69, 9.17) is 0 Å². The molecule has 1 unspecified atom stereocenters. The second-order valence-electron chi connectivity index (χ2n) is 6.55. The number of aliphatic hydroxyl groups is 1. The van der Waals surface area contributed by atoms with E-state index in [1.807, 2.05) is 13.8 Å². The quantitative estimate of drug-likeness (QED) is 0.505. The molecule has 2 aromatic carbocycles. The van der Waals surface area contributed by atoms with Crippen LogP contribution in [0, 0.1) is 10.1 Å². The number of ketones is 1. The summed E-state index contributed by atoms with van der Waals surface area (Å²) in [5.74, 6) is -1.000. The standard InChI is InChI=1S/C19H18N2O5/c1-12(2)20-16-6-4-3-5-15(16)19(24,18(20)23)11-17(22)13-7-9-14(10-8-13)21(25)26/h3-10,12,24H,11H2,1-2H3.